The molecule has 1 N–H and O–H groups in total. The molecule has 6 nitrogen and oxygen atoms in total. The van der Waals surface area contributed by atoms with Crippen molar-refractivity contribution < 1.29 is 19.0 Å². The normalized spacial score (nSPS) is 19.4. The Morgan fingerprint density at radius 1 is 1.25 bits per heavy atom. The fourth-order valence-electron chi connectivity index (χ4n) is 2.85. The fraction of sp³-hybridized carbons (Fsp3) is 0.588. The Morgan fingerprint density at radius 2 is 2.00 bits per heavy atom. The molecule has 2 heterocycles. The molecule has 7 heteroatoms. The maximum absolute atomic E-state index is 12.4. The third-order valence-electron chi connectivity index (χ3n) is 4.29. The Kier molecular flexibility index (Phi) is 5.81. The molecule has 1 unspecified atom stereocenters. The average molecular weight is 355 g/mol. The molecule has 1 amide bonds. The van der Waals surface area contributed by atoms with E-state index >= 15 is 0 Å². The standard InChI is InChI=1S/C17H23ClN2O4/c1-12(20-3-7-22-8-4-20)11-19-17(21)13-9-14(18)16-15(10-13)23-5-2-6-24-16/h9-10,12H,2-8,11H2,1H3,(H,19,21). The summed E-state index contributed by atoms with van der Waals surface area (Å²) in [6, 6.07) is 3.58. The number of hydrogen-bond acceptors (Lipinski definition) is 5. The van der Waals surface area contributed by atoms with E-state index in [2.05, 4.69) is 17.1 Å². The van der Waals surface area contributed by atoms with Crippen LogP contribution in [0.4, 0.5) is 0 Å². The van der Waals surface area contributed by atoms with Gasteiger partial charge in [0.1, 0.15) is 0 Å². The van der Waals surface area contributed by atoms with Gasteiger partial charge in [-0.1, -0.05) is 11.6 Å². The zero-order valence-electron chi connectivity index (χ0n) is 13.8. The molecule has 1 saturated heterocycles. The smallest absolute Gasteiger partial charge is 0.251 e. The molecule has 2 aliphatic rings. The van der Waals surface area contributed by atoms with Gasteiger partial charge in [0.25, 0.3) is 5.91 Å². The second-order valence-corrected chi connectivity index (χ2v) is 6.45. The van der Waals surface area contributed by atoms with Crippen molar-refractivity contribution in [1.29, 1.82) is 0 Å². The van der Waals surface area contributed by atoms with Crippen molar-refractivity contribution in [2.24, 2.45) is 0 Å². The van der Waals surface area contributed by atoms with Crippen LogP contribution in [0.2, 0.25) is 5.02 Å². The number of fused-ring (bicyclic) bond motifs is 1. The van der Waals surface area contributed by atoms with Gasteiger partial charge in [0.15, 0.2) is 11.5 Å². The first-order chi connectivity index (χ1) is 11.6. The number of morpholine rings is 1. The SMILES string of the molecule is CC(CNC(=O)c1cc(Cl)c2c(c1)OCCCO2)N1CCOCC1. The predicted octanol–water partition coefficient (Wildman–Crippen LogP) is 1.95. The summed E-state index contributed by atoms with van der Waals surface area (Å²) < 4.78 is 16.6. The molecule has 1 fully saturated rings. The summed E-state index contributed by atoms with van der Waals surface area (Å²) in [5.74, 6) is 0.895. The lowest BCUT2D eigenvalue weighted by Crippen LogP contribution is -2.47. The van der Waals surface area contributed by atoms with Gasteiger partial charge in [0, 0.05) is 37.7 Å². The van der Waals surface area contributed by atoms with Crippen molar-refractivity contribution in [3.8, 4) is 11.5 Å². The number of nitrogens with one attached hydrogen (secondary N) is 1. The van der Waals surface area contributed by atoms with E-state index in [1.54, 1.807) is 12.1 Å². The topological polar surface area (TPSA) is 60.0 Å². The van der Waals surface area contributed by atoms with Crippen LogP contribution in [-0.4, -0.2) is 62.9 Å². The van der Waals surface area contributed by atoms with Gasteiger partial charge in [-0.05, 0) is 19.1 Å². The lowest BCUT2D eigenvalue weighted by Gasteiger charge is -2.32. The zero-order chi connectivity index (χ0) is 16.9. The van der Waals surface area contributed by atoms with Gasteiger partial charge in [0.2, 0.25) is 0 Å². The van der Waals surface area contributed by atoms with Crippen molar-refractivity contribution in [1.82, 2.24) is 10.2 Å². The van der Waals surface area contributed by atoms with Crippen molar-refractivity contribution >= 4 is 17.5 Å². The third-order valence-corrected chi connectivity index (χ3v) is 4.57. The molecule has 24 heavy (non-hydrogen) atoms. The number of hydrogen-bond donors (Lipinski definition) is 1. The minimum absolute atomic E-state index is 0.160. The molecule has 3 rings (SSSR count). The largest absolute Gasteiger partial charge is 0.489 e. The number of benzene rings is 1. The average Bonchev–Trinajstić information content (AvgIpc) is 2.86. The number of ether oxygens (including phenoxy) is 3. The lowest BCUT2D eigenvalue weighted by atomic mass is 10.1. The molecular weight excluding hydrogens is 332 g/mol. The second-order valence-electron chi connectivity index (χ2n) is 6.04. The molecule has 1 aromatic carbocycles. The summed E-state index contributed by atoms with van der Waals surface area (Å²) in [4.78, 5) is 14.8. The molecule has 0 aromatic heterocycles. The highest BCUT2D eigenvalue weighted by molar-refractivity contribution is 6.32. The first-order valence-corrected chi connectivity index (χ1v) is 8.72. The quantitative estimate of drug-likeness (QED) is 0.895. The summed E-state index contributed by atoms with van der Waals surface area (Å²) in [5, 5.41) is 3.37. The van der Waals surface area contributed by atoms with Gasteiger partial charge >= 0.3 is 0 Å². The molecule has 0 saturated carbocycles. The van der Waals surface area contributed by atoms with Crippen molar-refractivity contribution in [2.75, 3.05) is 46.1 Å². The van der Waals surface area contributed by atoms with Crippen molar-refractivity contribution in [3.63, 3.8) is 0 Å². The number of rotatable bonds is 4. The van der Waals surface area contributed by atoms with Crippen LogP contribution in [0.25, 0.3) is 0 Å². The van der Waals surface area contributed by atoms with Crippen molar-refractivity contribution in [3.05, 3.63) is 22.7 Å². The van der Waals surface area contributed by atoms with Gasteiger partial charge in [0.05, 0.1) is 31.5 Å². The van der Waals surface area contributed by atoms with Crippen LogP contribution >= 0.6 is 11.6 Å². The van der Waals surface area contributed by atoms with Crippen LogP contribution in [0.15, 0.2) is 12.1 Å². The van der Waals surface area contributed by atoms with Gasteiger partial charge in [-0.25, -0.2) is 0 Å². The molecule has 0 aliphatic carbocycles. The Morgan fingerprint density at radius 3 is 2.79 bits per heavy atom. The van der Waals surface area contributed by atoms with E-state index in [4.69, 9.17) is 25.8 Å². The summed E-state index contributed by atoms with van der Waals surface area (Å²) >= 11 is 6.24. The number of carbonyl (C=O) groups excluding carboxylic acids is 1. The first kappa shape index (κ1) is 17.3. The molecule has 2 aliphatic heterocycles. The summed E-state index contributed by atoms with van der Waals surface area (Å²) in [7, 11) is 0. The van der Waals surface area contributed by atoms with Crippen LogP contribution in [0.5, 0.6) is 11.5 Å². The Hall–Kier alpha value is -1.50. The summed E-state index contributed by atoms with van der Waals surface area (Å²) in [5.41, 5.74) is 0.485. The molecule has 0 radical (unpaired) electrons. The summed E-state index contributed by atoms with van der Waals surface area (Å²) in [6.45, 7) is 7.08. The minimum atomic E-state index is -0.160. The Bertz CT molecular complexity index is 590. The molecule has 132 valence electrons. The lowest BCUT2D eigenvalue weighted by molar-refractivity contribution is 0.0204. The zero-order valence-corrected chi connectivity index (χ0v) is 14.6. The van der Waals surface area contributed by atoms with Gasteiger partial charge < -0.3 is 19.5 Å². The molecule has 0 bridgehead atoms. The first-order valence-electron chi connectivity index (χ1n) is 8.34. The van der Waals surface area contributed by atoms with E-state index < -0.39 is 0 Å². The van der Waals surface area contributed by atoms with E-state index in [9.17, 15) is 4.79 Å². The van der Waals surface area contributed by atoms with Crippen LogP contribution in [0.3, 0.4) is 0 Å². The highest BCUT2D eigenvalue weighted by atomic mass is 35.5. The monoisotopic (exact) mass is 354 g/mol. The predicted molar refractivity (Wildman–Crippen MR) is 91.2 cm³/mol. The number of amides is 1. The fourth-order valence-corrected chi connectivity index (χ4v) is 3.12. The highest BCUT2D eigenvalue weighted by Crippen LogP contribution is 2.37. The maximum atomic E-state index is 12.4. The molecule has 1 aromatic rings. The minimum Gasteiger partial charge on any atom is -0.489 e. The number of nitrogens with zero attached hydrogens (tertiary/aromatic N) is 1. The maximum Gasteiger partial charge on any atom is 0.251 e. The van der Waals surface area contributed by atoms with E-state index in [0.717, 1.165) is 32.7 Å². The van der Waals surface area contributed by atoms with Gasteiger partial charge in [-0.2, -0.15) is 0 Å². The van der Waals surface area contributed by atoms with E-state index in [1.807, 2.05) is 0 Å². The van der Waals surface area contributed by atoms with Crippen LogP contribution in [0.1, 0.15) is 23.7 Å². The Balaban J connectivity index is 1.62. The van der Waals surface area contributed by atoms with E-state index in [-0.39, 0.29) is 11.9 Å². The third kappa shape index (κ3) is 4.12. The van der Waals surface area contributed by atoms with Crippen LogP contribution < -0.4 is 14.8 Å². The van der Waals surface area contributed by atoms with E-state index in [1.165, 1.54) is 0 Å². The highest BCUT2D eigenvalue weighted by Gasteiger charge is 2.20. The van der Waals surface area contributed by atoms with Gasteiger partial charge in [-0.15, -0.1) is 0 Å². The Labute approximate surface area is 147 Å². The van der Waals surface area contributed by atoms with Crippen LogP contribution in [0, 0.1) is 0 Å². The van der Waals surface area contributed by atoms with Gasteiger partial charge in [-0.3, -0.25) is 9.69 Å². The summed E-state index contributed by atoms with van der Waals surface area (Å²) in [6.07, 6.45) is 0.795. The second kappa shape index (κ2) is 8.05. The number of halogens is 1. The van der Waals surface area contributed by atoms with E-state index in [0.29, 0.717) is 41.8 Å². The number of carbonyl (C=O) groups is 1. The molecular formula is C17H23ClN2O4. The molecule has 0 spiro atoms. The molecule has 1 atom stereocenters. The van der Waals surface area contributed by atoms with Crippen LogP contribution in [-0.2, 0) is 4.74 Å². The van der Waals surface area contributed by atoms with Crippen molar-refractivity contribution in [2.45, 2.75) is 19.4 Å².